The standard InChI is InChI=1S/C19H20F3N3O3/c20-8-15(24-19(28)18(21)22)17(27)12-3-1-11(2-4-12)13-5-6-25(16(26)7-13)14-9-23-10-14/h1-7,14-15,17-18,23,27H,8-10H2,(H,24,28). The summed E-state index contributed by atoms with van der Waals surface area (Å²) < 4.78 is 39.4. The first-order valence-corrected chi connectivity index (χ1v) is 8.76. The van der Waals surface area contributed by atoms with Gasteiger partial charge in [0.2, 0.25) is 0 Å². The number of hydrogen-bond acceptors (Lipinski definition) is 4. The highest BCUT2D eigenvalue weighted by Crippen LogP contribution is 2.23. The van der Waals surface area contributed by atoms with Crippen LogP contribution >= 0.6 is 0 Å². The van der Waals surface area contributed by atoms with Crippen molar-refractivity contribution in [3.8, 4) is 11.1 Å². The van der Waals surface area contributed by atoms with Crippen LogP contribution in [0.15, 0.2) is 47.4 Å². The van der Waals surface area contributed by atoms with Gasteiger partial charge in [-0.2, -0.15) is 8.78 Å². The number of nitrogens with zero attached hydrogens (tertiary/aromatic N) is 1. The Morgan fingerprint density at radius 3 is 2.39 bits per heavy atom. The van der Waals surface area contributed by atoms with Gasteiger partial charge in [0.25, 0.3) is 11.5 Å². The summed E-state index contributed by atoms with van der Waals surface area (Å²) in [7, 11) is 0. The molecule has 1 amide bonds. The van der Waals surface area contributed by atoms with E-state index < -0.39 is 31.2 Å². The van der Waals surface area contributed by atoms with Crippen molar-refractivity contribution >= 4 is 5.91 Å². The molecule has 3 N–H and O–H groups in total. The molecule has 1 aliphatic heterocycles. The number of carbonyl (C=O) groups is 1. The Balaban J connectivity index is 1.74. The average molecular weight is 395 g/mol. The molecule has 0 aliphatic carbocycles. The summed E-state index contributed by atoms with van der Waals surface area (Å²) >= 11 is 0. The fourth-order valence-corrected chi connectivity index (χ4v) is 2.99. The van der Waals surface area contributed by atoms with Crippen LogP contribution in [0, 0.1) is 0 Å². The second-order valence-corrected chi connectivity index (χ2v) is 6.61. The molecule has 28 heavy (non-hydrogen) atoms. The van der Waals surface area contributed by atoms with Gasteiger partial charge >= 0.3 is 6.43 Å². The van der Waals surface area contributed by atoms with Crippen molar-refractivity contribution in [1.29, 1.82) is 0 Å². The first kappa shape index (κ1) is 20.1. The second kappa shape index (κ2) is 8.57. The van der Waals surface area contributed by atoms with Crippen molar-refractivity contribution < 1.29 is 23.1 Å². The molecule has 0 spiro atoms. The Labute approximate surface area is 159 Å². The molecule has 0 saturated carbocycles. The van der Waals surface area contributed by atoms with Crippen LogP contribution in [0.4, 0.5) is 13.2 Å². The molecule has 1 fully saturated rings. The van der Waals surface area contributed by atoms with Crippen molar-refractivity contribution in [1.82, 2.24) is 15.2 Å². The molecule has 3 rings (SSSR count). The van der Waals surface area contributed by atoms with Crippen LogP contribution in [-0.4, -0.2) is 47.8 Å². The van der Waals surface area contributed by atoms with E-state index in [0.717, 1.165) is 13.1 Å². The van der Waals surface area contributed by atoms with Crippen LogP contribution in [-0.2, 0) is 4.79 Å². The molecule has 2 unspecified atom stereocenters. The number of rotatable bonds is 7. The Morgan fingerprint density at radius 1 is 1.21 bits per heavy atom. The lowest BCUT2D eigenvalue weighted by atomic mass is 9.99. The molecule has 2 aromatic rings. The summed E-state index contributed by atoms with van der Waals surface area (Å²) in [5, 5.41) is 15.1. The first-order chi connectivity index (χ1) is 13.4. The van der Waals surface area contributed by atoms with E-state index in [1.54, 1.807) is 34.3 Å². The summed E-state index contributed by atoms with van der Waals surface area (Å²) in [6.07, 6.45) is -3.05. The lowest BCUT2D eigenvalue weighted by Crippen LogP contribution is -2.46. The van der Waals surface area contributed by atoms with Gasteiger partial charge in [-0.15, -0.1) is 0 Å². The van der Waals surface area contributed by atoms with Gasteiger partial charge in [-0.25, -0.2) is 4.39 Å². The van der Waals surface area contributed by atoms with E-state index in [2.05, 4.69) is 5.32 Å². The predicted octanol–water partition coefficient (Wildman–Crippen LogP) is 1.41. The predicted molar refractivity (Wildman–Crippen MR) is 96.9 cm³/mol. The van der Waals surface area contributed by atoms with Gasteiger partial charge in [0.05, 0.1) is 12.1 Å². The van der Waals surface area contributed by atoms with E-state index in [1.807, 2.05) is 0 Å². The summed E-state index contributed by atoms with van der Waals surface area (Å²) in [4.78, 5) is 23.3. The monoisotopic (exact) mass is 395 g/mol. The number of alkyl halides is 3. The van der Waals surface area contributed by atoms with E-state index in [9.17, 15) is 27.9 Å². The van der Waals surface area contributed by atoms with E-state index in [0.29, 0.717) is 11.1 Å². The third-order valence-corrected chi connectivity index (χ3v) is 4.76. The Hall–Kier alpha value is -2.65. The van der Waals surface area contributed by atoms with Crippen molar-refractivity contribution in [2.45, 2.75) is 24.6 Å². The maximum Gasteiger partial charge on any atom is 0.315 e. The normalized spacial score (nSPS) is 16.5. The van der Waals surface area contributed by atoms with Gasteiger partial charge in [0, 0.05) is 25.4 Å². The number of aliphatic hydroxyl groups excluding tert-OH is 1. The van der Waals surface area contributed by atoms with E-state index in [-0.39, 0.29) is 17.2 Å². The van der Waals surface area contributed by atoms with Crippen LogP contribution in [0.25, 0.3) is 11.1 Å². The number of carbonyl (C=O) groups excluding carboxylic acids is 1. The van der Waals surface area contributed by atoms with E-state index >= 15 is 0 Å². The molecule has 6 nitrogen and oxygen atoms in total. The third-order valence-electron chi connectivity index (χ3n) is 4.76. The van der Waals surface area contributed by atoms with Crippen LogP contribution in [0.5, 0.6) is 0 Å². The molecule has 0 radical (unpaired) electrons. The molecule has 9 heteroatoms. The van der Waals surface area contributed by atoms with Crippen LogP contribution in [0.3, 0.4) is 0 Å². The van der Waals surface area contributed by atoms with Gasteiger partial charge in [0.1, 0.15) is 12.8 Å². The molecule has 1 aromatic heterocycles. The minimum atomic E-state index is -3.29. The summed E-state index contributed by atoms with van der Waals surface area (Å²) in [6, 6.07) is 8.25. The van der Waals surface area contributed by atoms with Crippen LogP contribution in [0.1, 0.15) is 17.7 Å². The van der Waals surface area contributed by atoms with Crippen LogP contribution < -0.4 is 16.2 Å². The minimum absolute atomic E-state index is 0.125. The molecule has 1 aromatic carbocycles. The lowest BCUT2D eigenvalue weighted by Gasteiger charge is -2.29. The van der Waals surface area contributed by atoms with Gasteiger partial charge in [-0.05, 0) is 22.8 Å². The molecule has 2 atom stereocenters. The molecule has 0 bridgehead atoms. The van der Waals surface area contributed by atoms with Crippen molar-refractivity contribution in [2.24, 2.45) is 0 Å². The Bertz CT molecular complexity index is 882. The van der Waals surface area contributed by atoms with Crippen molar-refractivity contribution in [3.63, 3.8) is 0 Å². The molecule has 2 heterocycles. The summed E-state index contributed by atoms with van der Waals surface area (Å²) in [5.74, 6) is -1.64. The maximum absolute atomic E-state index is 13.1. The maximum atomic E-state index is 13.1. The number of amides is 1. The molecule has 150 valence electrons. The Kier molecular flexibility index (Phi) is 6.15. The highest BCUT2D eigenvalue weighted by molar-refractivity contribution is 5.79. The second-order valence-electron chi connectivity index (χ2n) is 6.61. The SMILES string of the molecule is O=C(NC(CF)C(O)c1ccc(-c2ccn(C3CNC3)c(=O)c2)cc1)C(F)F. The number of nitrogens with one attached hydrogen (secondary N) is 2. The largest absolute Gasteiger partial charge is 0.386 e. The molecular formula is C19H20F3N3O3. The topological polar surface area (TPSA) is 83.4 Å². The Morgan fingerprint density at radius 2 is 1.89 bits per heavy atom. The van der Waals surface area contributed by atoms with E-state index in [4.69, 9.17) is 0 Å². The van der Waals surface area contributed by atoms with Crippen molar-refractivity contribution in [2.75, 3.05) is 19.8 Å². The number of aromatic nitrogens is 1. The zero-order chi connectivity index (χ0) is 20.3. The van der Waals surface area contributed by atoms with Crippen LogP contribution in [0.2, 0.25) is 0 Å². The highest BCUT2D eigenvalue weighted by Gasteiger charge is 2.26. The number of pyridine rings is 1. The number of benzene rings is 1. The summed E-state index contributed by atoms with van der Waals surface area (Å²) in [6.45, 7) is 0.309. The fraction of sp³-hybridized carbons (Fsp3) is 0.368. The average Bonchev–Trinajstić information content (AvgIpc) is 2.65. The highest BCUT2D eigenvalue weighted by atomic mass is 19.3. The van der Waals surface area contributed by atoms with Gasteiger partial charge in [-0.3, -0.25) is 9.59 Å². The van der Waals surface area contributed by atoms with Crippen molar-refractivity contribution in [3.05, 3.63) is 58.5 Å². The quantitative estimate of drug-likeness (QED) is 0.662. The number of aliphatic hydroxyl groups is 1. The first-order valence-electron chi connectivity index (χ1n) is 8.76. The van der Waals surface area contributed by atoms with E-state index in [1.165, 1.54) is 18.2 Å². The number of hydrogen-bond donors (Lipinski definition) is 3. The number of halogens is 3. The molecule has 1 saturated heterocycles. The summed E-state index contributed by atoms with van der Waals surface area (Å²) in [5.41, 5.74) is 1.53. The smallest absolute Gasteiger partial charge is 0.315 e. The molecule has 1 aliphatic rings. The molecular weight excluding hydrogens is 375 g/mol. The third kappa shape index (κ3) is 4.26. The minimum Gasteiger partial charge on any atom is -0.386 e. The zero-order valence-electron chi connectivity index (χ0n) is 14.8. The van der Waals surface area contributed by atoms with Gasteiger partial charge < -0.3 is 20.3 Å². The van der Waals surface area contributed by atoms with Gasteiger partial charge in [0.15, 0.2) is 0 Å². The fourth-order valence-electron chi connectivity index (χ4n) is 2.99. The van der Waals surface area contributed by atoms with Gasteiger partial charge in [-0.1, -0.05) is 24.3 Å². The zero-order valence-corrected chi connectivity index (χ0v) is 14.8. The lowest BCUT2D eigenvalue weighted by molar-refractivity contribution is -0.133.